The molecule has 0 spiro atoms. The van der Waals surface area contributed by atoms with E-state index in [0.29, 0.717) is 35.6 Å². The topological polar surface area (TPSA) is 61.3 Å². The van der Waals surface area contributed by atoms with Crippen molar-refractivity contribution in [3.8, 4) is 29.4 Å². The van der Waals surface area contributed by atoms with Crippen molar-refractivity contribution >= 4 is 16.6 Å². The number of likely N-dealkylation sites (N-methyl/N-ethyl adjacent to an activating group) is 1. The standard InChI is InChI=1S/C22H21FN4O/c1-3-14-8-9-19(20(28)10-14)21-17-6-4-5-7-18(17)22(26-25-21)24-16-11-15(23)12-27(2)13-16/h1,4-10,15-16,28H,11-13H2,2H3,(H,24,26)/t15-,16-/m1/s1. The molecule has 0 amide bonds. The van der Waals surface area contributed by atoms with Gasteiger partial charge in [0.2, 0.25) is 0 Å². The number of alkyl halides is 1. The normalized spacial score (nSPS) is 20.0. The van der Waals surface area contributed by atoms with Crippen LogP contribution in [0.1, 0.15) is 12.0 Å². The third-order valence-corrected chi connectivity index (χ3v) is 5.03. The van der Waals surface area contributed by atoms with Crippen LogP contribution in [0, 0.1) is 12.3 Å². The Balaban J connectivity index is 1.74. The number of benzene rings is 2. The number of anilines is 1. The predicted molar refractivity (Wildman–Crippen MR) is 109 cm³/mol. The van der Waals surface area contributed by atoms with Crippen LogP contribution in [0.4, 0.5) is 10.2 Å². The van der Waals surface area contributed by atoms with Crippen LogP contribution in [0.5, 0.6) is 5.75 Å². The Morgan fingerprint density at radius 1 is 1.18 bits per heavy atom. The highest BCUT2D eigenvalue weighted by Gasteiger charge is 2.26. The summed E-state index contributed by atoms with van der Waals surface area (Å²) in [7, 11) is 1.91. The van der Waals surface area contributed by atoms with Gasteiger partial charge in [-0.1, -0.05) is 30.2 Å². The number of aromatic nitrogens is 2. The highest BCUT2D eigenvalue weighted by molar-refractivity contribution is 6.00. The van der Waals surface area contributed by atoms with Gasteiger partial charge in [0.15, 0.2) is 5.82 Å². The Labute approximate surface area is 163 Å². The van der Waals surface area contributed by atoms with Crippen LogP contribution < -0.4 is 5.32 Å². The van der Waals surface area contributed by atoms with Crippen molar-refractivity contribution in [2.75, 3.05) is 25.5 Å². The lowest BCUT2D eigenvalue weighted by molar-refractivity contribution is 0.153. The van der Waals surface area contributed by atoms with Crippen LogP contribution in [0.3, 0.4) is 0 Å². The fraction of sp³-hybridized carbons (Fsp3) is 0.273. The zero-order valence-corrected chi connectivity index (χ0v) is 15.6. The first-order valence-corrected chi connectivity index (χ1v) is 9.19. The molecule has 2 atom stereocenters. The van der Waals surface area contributed by atoms with Gasteiger partial charge in [-0.15, -0.1) is 16.6 Å². The van der Waals surface area contributed by atoms with Gasteiger partial charge in [0, 0.05) is 47.5 Å². The summed E-state index contributed by atoms with van der Waals surface area (Å²) in [5.41, 5.74) is 1.74. The second-order valence-corrected chi connectivity index (χ2v) is 7.21. The quantitative estimate of drug-likeness (QED) is 0.686. The Kier molecular flexibility index (Phi) is 4.84. The van der Waals surface area contributed by atoms with Crippen LogP contribution in [0.15, 0.2) is 42.5 Å². The van der Waals surface area contributed by atoms with Gasteiger partial charge in [-0.25, -0.2) is 4.39 Å². The minimum Gasteiger partial charge on any atom is -0.507 e. The summed E-state index contributed by atoms with van der Waals surface area (Å²) >= 11 is 0. The fourth-order valence-corrected chi connectivity index (χ4v) is 3.78. The SMILES string of the molecule is C#Cc1ccc(-c2nnc(N[C@@H]3C[C@@H](F)CN(C)C3)c3ccccc23)c(O)c1. The van der Waals surface area contributed by atoms with Gasteiger partial charge in [0.1, 0.15) is 17.6 Å². The lowest BCUT2D eigenvalue weighted by Gasteiger charge is -2.32. The molecule has 2 heterocycles. The van der Waals surface area contributed by atoms with E-state index in [9.17, 15) is 9.50 Å². The van der Waals surface area contributed by atoms with Gasteiger partial charge in [-0.2, -0.15) is 0 Å². The summed E-state index contributed by atoms with van der Waals surface area (Å²) in [4.78, 5) is 1.97. The molecule has 4 rings (SSSR count). The Bertz CT molecular complexity index is 1050. The monoisotopic (exact) mass is 376 g/mol. The largest absolute Gasteiger partial charge is 0.507 e. The van der Waals surface area contributed by atoms with E-state index in [4.69, 9.17) is 6.42 Å². The third kappa shape index (κ3) is 3.49. The van der Waals surface area contributed by atoms with Crippen LogP contribution >= 0.6 is 0 Å². The molecule has 1 aliphatic rings. The molecule has 6 heteroatoms. The molecule has 0 unspecified atom stereocenters. The molecule has 0 saturated carbocycles. The van der Waals surface area contributed by atoms with E-state index in [0.717, 1.165) is 17.3 Å². The number of halogens is 1. The summed E-state index contributed by atoms with van der Waals surface area (Å²) in [5, 5.41) is 24.2. The van der Waals surface area contributed by atoms with Crippen molar-refractivity contribution in [2.45, 2.75) is 18.6 Å². The van der Waals surface area contributed by atoms with Crippen molar-refractivity contribution < 1.29 is 9.50 Å². The van der Waals surface area contributed by atoms with Gasteiger partial charge in [-0.05, 0) is 25.2 Å². The second kappa shape index (κ2) is 7.45. The molecule has 0 aliphatic carbocycles. The Hall–Kier alpha value is -3.17. The molecule has 28 heavy (non-hydrogen) atoms. The van der Waals surface area contributed by atoms with E-state index in [1.54, 1.807) is 12.1 Å². The number of aromatic hydroxyl groups is 1. The average Bonchev–Trinajstić information content (AvgIpc) is 2.68. The third-order valence-electron chi connectivity index (χ3n) is 5.03. The smallest absolute Gasteiger partial charge is 0.156 e. The van der Waals surface area contributed by atoms with Gasteiger partial charge < -0.3 is 15.3 Å². The van der Waals surface area contributed by atoms with E-state index in [-0.39, 0.29) is 11.8 Å². The van der Waals surface area contributed by atoms with Crippen molar-refractivity contribution in [1.29, 1.82) is 0 Å². The highest BCUT2D eigenvalue weighted by Crippen LogP contribution is 2.35. The minimum absolute atomic E-state index is 0.0411. The first kappa shape index (κ1) is 18.2. The summed E-state index contributed by atoms with van der Waals surface area (Å²) < 4.78 is 13.9. The number of phenols is 1. The molecule has 2 N–H and O–H groups in total. The van der Waals surface area contributed by atoms with Gasteiger partial charge >= 0.3 is 0 Å². The predicted octanol–water partition coefficient (Wildman–Crippen LogP) is 3.44. The number of fused-ring (bicyclic) bond motifs is 1. The number of piperidine rings is 1. The molecule has 1 aromatic heterocycles. The lowest BCUT2D eigenvalue weighted by Crippen LogP contribution is -2.45. The van der Waals surface area contributed by atoms with E-state index < -0.39 is 6.17 Å². The average molecular weight is 376 g/mol. The molecular weight excluding hydrogens is 355 g/mol. The maximum absolute atomic E-state index is 13.9. The van der Waals surface area contributed by atoms with Gasteiger partial charge in [0.25, 0.3) is 0 Å². The second-order valence-electron chi connectivity index (χ2n) is 7.21. The van der Waals surface area contributed by atoms with E-state index in [1.807, 2.05) is 36.2 Å². The van der Waals surface area contributed by atoms with Crippen LogP contribution in [-0.4, -0.2) is 52.6 Å². The maximum atomic E-state index is 13.9. The number of nitrogens with zero attached hydrogens (tertiary/aromatic N) is 3. The number of rotatable bonds is 3. The fourth-order valence-electron chi connectivity index (χ4n) is 3.78. The molecule has 2 aromatic carbocycles. The first-order chi connectivity index (χ1) is 13.5. The molecule has 1 saturated heterocycles. The molecule has 0 radical (unpaired) electrons. The van der Waals surface area contributed by atoms with Gasteiger partial charge in [0.05, 0.1) is 0 Å². The molecule has 1 fully saturated rings. The Morgan fingerprint density at radius 3 is 2.68 bits per heavy atom. The van der Waals surface area contributed by atoms with Crippen LogP contribution in [0.2, 0.25) is 0 Å². The molecule has 142 valence electrons. The zero-order chi connectivity index (χ0) is 19.7. The van der Waals surface area contributed by atoms with Crippen LogP contribution in [0.25, 0.3) is 22.0 Å². The van der Waals surface area contributed by atoms with Crippen molar-refractivity contribution in [2.24, 2.45) is 0 Å². The molecule has 3 aromatic rings. The van der Waals surface area contributed by atoms with Crippen molar-refractivity contribution in [3.05, 3.63) is 48.0 Å². The van der Waals surface area contributed by atoms with Gasteiger partial charge in [-0.3, -0.25) is 0 Å². The Morgan fingerprint density at radius 2 is 1.96 bits per heavy atom. The van der Waals surface area contributed by atoms with Crippen molar-refractivity contribution in [3.63, 3.8) is 0 Å². The van der Waals surface area contributed by atoms with Crippen LogP contribution in [-0.2, 0) is 0 Å². The summed E-state index contributed by atoms with van der Waals surface area (Å²) in [6, 6.07) is 12.7. The number of nitrogens with one attached hydrogen (secondary N) is 1. The first-order valence-electron chi connectivity index (χ1n) is 9.19. The number of hydrogen-bond acceptors (Lipinski definition) is 5. The number of terminal acetylenes is 1. The molecule has 0 bridgehead atoms. The molecule has 1 aliphatic heterocycles. The number of hydrogen-bond donors (Lipinski definition) is 2. The number of likely N-dealkylation sites (tertiary alicyclic amines) is 1. The summed E-state index contributed by atoms with van der Waals surface area (Å²) in [5.74, 6) is 3.18. The minimum atomic E-state index is -0.860. The summed E-state index contributed by atoms with van der Waals surface area (Å²) in [6.07, 6.45) is 4.98. The molecule has 5 nitrogen and oxygen atoms in total. The number of phenolic OH excluding ortho intramolecular Hbond substituents is 1. The maximum Gasteiger partial charge on any atom is 0.156 e. The highest BCUT2D eigenvalue weighted by atomic mass is 19.1. The zero-order valence-electron chi connectivity index (χ0n) is 15.6. The lowest BCUT2D eigenvalue weighted by atomic mass is 10.0. The van der Waals surface area contributed by atoms with E-state index in [2.05, 4.69) is 21.4 Å². The molecular formula is C22H21FN4O. The van der Waals surface area contributed by atoms with Crippen molar-refractivity contribution in [1.82, 2.24) is 15.1 Å². The van der Waals surface area contributed by atoms with E-state index in [1.165, 1.54) is 6.07 Å². The summed E-state index contributed by atoms with van der Waals surface area (Å²) in [6.45, 7) is 1.20. The van der Waals surface area contributed by atoms with E-state index >= 15 is 0 Å².